The van der Waals surface area contributed by atoms with Crippen molar-refractivity contribution in [1.82, 2.24) is 4.57 Å². The van der Waals surface area contributed by atoms with E-state index in [1.54, 1.807) is 0 Å². The largest absolute Gasteiger partial charge is 0.455 e. The Hall–Kier alpha value is -9.32. The second kappa shape index (κ2) is 15.9. The molecule has 15 rings (SSSR count). The van der Waals surface area contributed by atoms with Crippen molar-refractivity contribution in [3.63, 3.8) is 0 Å². The first-order valence-electron chi connectivity index (χ1n) is 24.9. The van der Waals surface area contributed by atoms with Crippen molar-refractivity contribution in [2.45, 2.75) is 12.8 Å². The highest BCUT2D eigenvalue weighted by atomic mass is 16.3. The van der Waals surface area contributed by atoms with Gasteiger partial charge in [0.05, 0.1) is 22.4 Å². The number of furan rings is 2. The molecule has 0 saturated carbocycles. The third-order valence-electron chi connectivity index (χ3n) is 15.2. The van der Waals surface area contributed by atoms with Crippen LogP contribution in [0.2, 0.25) is 0 Å². The van der Waals surface area contributed by atoms with E-state index in [0.29, 0.717) is 11.8 Å². The van der Waals surface area contributed by atoms with E-state index < -0.39 is 0 Å². The highest BCUT2D eigenvalue weighted by molar-refractivity contribution is 6.22. The summed E-state index contributed by atoms with van der Waals surface area (Å²) in [4.78, 5) is 4.74. The molecule has 1 aliphatic carbocycles. The van der Waals surface area contributed by atoms with E-state index in [9.17, 15) is 0 Å². The molecule has 0 radical (unpaired) electrons. The molecular formula is C67H45N3O2. The van der Waals surface area contributed by atoms with Gasteiger partial charge in [0.1, 0.15) is 16.7 Å². The Morgan fingerprint density at radius 3 is 1.82 bits per heavy atom. The van der Waals surface area contributed by atoms with Crippen LogP contribution in [0, 0.1) is 5.92 Å². The molecule has 0 spiro atoms. The summed E-state index contributed by atoms with van der Waals surface area (Å²) >= 11 is 0. The monoisotopic (exact) mass is 923 g/mol. The molecule has 13 aromatic rings. The van der Waals surface area contributed by atoms with Crippen LogP contribution in [0.1, 0.15) is 18.4 Å². The quantitative estimate of drug-likeness (QED) is 0.160. The first kappa shape index (κ1) is 40.6. The van der Waals surface area contributed by atoms with Crippen molar-refractivity contribution in [2.75, 3.05) is 9.80 Å². The van der Waals surface area contributed by atoms with Gasteiger partial charge >= 0.3 is 0 Å². The maximum absolute atomic E-state index is 6.86. The highest BCUT2D eigenvalue weighted by Crippen LogP contribution is 2.52. The number of fused-ring (bicyclic) bond motifs is 15. The molecule has 0 amide bonds. The fourth-order valence-corrected chi connectivity index (χ4v) is 11.9. The summed E-state index contributed by atoms with van der Waals surface area (Å²) in [6.07, 6.45) is 8.93. The molecule has 0 saturated heterocycles. The molecular weight excluding hydrogens is 879 g/mol. The van der Waals surface area contributed by atoms with Crippen molar-refractivity contribution >= 4 is 99.8 Å². The highest BCUT2D eigenvalue weighted by Gasteiger charge is 2.29. The number of benzene rings is 10. The maximum Gasteiger partial charge on any atom is 0.159 e. The SMILES string of the molecule is CC1C=CC=CC1c1ccc(N(c2ccccc2)c2cccc(N(c3ccc4c(c3)c3cccc5c3n4-c3ccccc3-c3ccc4c(oc6ccccc64)c3-5)c3cccc4c3oc3ccccc34)c2)cc1. The van der Waals surface area contributed by atoms with Crippen molar-refractivity contribution in [3.8, 4) is 27.9 Å². The molecule has 5 nitrogen and oxygen atoms in total. The molecule has 2 aliphatic rings. The molecule has 0 fully saturated rings. The van der Waals surface area contributed by atoms with Crippen molar-refractivity contribution in [1.29, 1.82) is 0 Å². The zero-order valence-electron chi connectivity index (χ0n) is 39.4. The third kappa shape index (κ3) is 6.07. The maximum atomic E-state index is 6.86. The van der Waals surface area contributed by atoms with Gasteiger partial charge in [-0.25, -0.2) is 0 Å². The molecule has 3 aromatic heterocycles. The van der Waals surface area contributed by atoms with Crippen LogP contribution in [0.5, 0.6) is 0 Å². The molecule has 2 atom stereocenters. The van der Waals surface area contributed by atoms with E-state index in [1.165, 1.54) is 16.5 Å². The number of hydrogen-bond acceptors (Lipinski definition) is 4. The van der Waals surface area contributed by atoms with Gasteiger partial charge < -0.3 is 23.2 Å². The first-order valence-corrected chi connectivity index (χ1v) is 24.9. The van der Waals surface area contributed by atoms with Gasteiger partial charge in [0.2, 0.25) is 0 Å². The summed E-state index contributed by atoms with van der Waals surface area (Å²) in [7, 11) is 0. The van der Waals surface area contributed by atoms with Crippen LogP contribution >= 0.6 is 0 Å². The minimum atomic E-state index is 0.339. The normalized spacial score (nSPS) is 14.9. The van der Waals surface area contributed by atoms with E-state index in [2.05, 4.69) is 258 Å². The fraction of sp³-hybridized carbons (Fsp3) is 0.0448. The van der Waals surface area contributed by atoms with Crippen LogP contribution in [0.3, 0.4) is 0 Å². The Morgan fingerprint density at radius 1 is 0.403 bits per heavy atom. The molecule has 1 aliphatic heterocycles. The van der Waals surface area contributed by atoms with E-state index in [1.807, 2.05) is 6.07 Å². The fourth-order valence-electron chi connectivity index (χ4n) is 11.9. The van der Waals surface area contributed by atoms with Gasteiger partial charge in [-0.2, -0.15) is 0 Å². The minimum Gasteiger partial charge on any atom is -0.455 e. The lowest BCUT2D eigenvalue weighted by Crippen LogP contribution is -2.13. The molecule has 2 unspecified atom stereocenters. The lowest BCUT2D eigenvalue weighted by molar-refractivity contribution is 0.635. The molecule has 340 valence electrons. The smallest absolute Gasteiger partial charge is 0.159 e. The van der Waals surface area contributed by atoms with Crippen LogP contribution in [0.25, 0.3) is 93.6 Å². The van der Waals surface area contributed by atoms with Crippen LogP contribution in [-0.4, -0.2) is 4.57 Å². The summed E-state index contributed by atoms with van der Waals surface area (Å²) in [5.74, 6) is 0.770. The van der Waals surface area contributed by atoms with E-state index in [0.717, 1.165) is 117 Å². The summed E-state index contributed by atoms with van der Waals surface area (Å²) in [5, 5.41) is 6.73. The summed E-state index contributed by atoms with van der Waals surface area (Å²) in [6.45, 7) is 2.29. The van der Waals surface area contributed by atoms with Crippen LogP contribution in [0.15, 0.2) is 252 Å². The first-order chi connectivity index (χ1) is 35.6. The number of aromatic nitrogens is 1. The Labute approximate surface area is 416 Å². The van der Waals surface area contributed by atoms with E-state index in [4.69, 9.17) is 8.83 Å². The zero-order valence-corrected chi connectivity index (χ0v) is 39.4. The average molecular weight is 924 g/mol. The van der Waals surface area contributed by atoms with Gasteiger partial charge in [0.15, 0.2) is 5.58 Å². The number of para-hydroxylation sites is 6. The second-order valence-corrected chi connectivity index (χ2v) is 19.2. The van der Waals surface area contributed by atoms with Crippen molar-refractivity contribution in [2.24, 2.45) is 5.92 Å². The molecule has 10 aromatic carbocycles. The van der Waals surface area contributed by atoms with Gasteiger partial charge in [0, 0.05) is 83.4 Å². The Kier molecular flexibility index (Phi) is 8.93. The van der Waals surface area contributed by atoms with Gasteiger partial charge in [-0.3, -0.25) is 0 Å². The summed E-state index contributed by atoms with van der Waals surface area (Å²) in [6, 6.07) is 79.0. The van der Waals surface area contributed by atoms with Gasteiger partial charge in [-0.05, 0) is 108 Å². The van der Waals surface area contributed by atoms with Gasteiger partial charge in [0.25, 0.3) is 0 Å². The van der Waals surface area contributed by atoms with E-state index >= 15 is 0 Å². The molecule has 0 N–H and O–H groups in total. The third-order valence-corrected chi connectivity index (χ3v) is 15.2. The molecule has 5 heteroatoms. The summed E-state index contributed by atoms with van der Waals surface area (Å²) < 4.78 is 16.2. The lowest BCUT2D eigenvalue weighted by atomic mass is 9.84. The Bertz CT molecular complexity index is 4380. The van der Waals surface area contributed by atoms with Crippen LogP contribution < -0.4 is 9.80 Å². The Morgan fingerprint density at radius 2 is 1.00 bits per heavy atom. The lowest BCUT2D eigenvalue weighted by Gasteiger charge is -2.30. The number of nitrogens with zero attached hydrogens (tertiary/aromatic N) is 3. The predicted molar refractivity (Wildman–Crippen MR) is 299 cm³/mol. The van der Waals surface area contributed by atoms with Gasteiger partial charge in [-0.1, -0.05) is 159 Å². The minimum absolute atomic E-state index is 0.339. The van der Waals surface area contributed by atoms with E-state index in [-0.39, 0.29) is 0 Å². The molecule has 72 heavy (non-hydrogen) atoms. The Balaban J connectivity index is 0.955. The average Bonchev–Trinajstić information content (AvgIpc) is 4.09. The van der Waals surface area contributed by atoms with Crippen LogP contribution in [-0.2, 0) is 0 Å². The number of anilines is 6. The number of hydrogen-bond donors (Lipinski definition) is 0. The second-order valence-electron chi connectivity index (χ2n) is 19.2. The van der Waals surface area contributed by atoms with Crippen molar-refractivity contribution < 1.29 is 8.83 Å². The predicted octanol–water partition coefficient (Wildman–Crippen LogP) is 19.0. The molecule has 0 bridgehead atoms. The van der Waals surface area contributed by atoms with Crippen molar-refractivity contribution in [3.05, 3.63) is 248 Å². The number of allylic oxidation sites excluding steroid dienone is 4. The summed E-state index contributed by atoms with van der Waals surface area (Å²) in [5.41, 5.74) is 19.0. The van der Waals surface area contributed by atoms with Gasteiger partial charge in [-0.15, -0.1) is 0 Å². The number of rotatable bonds is 7. The van der Waals surface area contributed by atoms with Crippen LogP contribution in [0.4, 0.5) is 34.1 Å². The molecule has 4 heterocycles. The zero-order chi connectivity index (χ0) is 47.4. The topological polar surface area (TPSA) is 37.7 Å². The standard InChI is InChI=1S/C67H45N3O2/c1-42-16-5-6-21-49(42)43-32-34-45(35-33-43)68(44-17-3-2-4-18-44)46-19-13-20-47(40-46)69(61-29-15-26-55-51-23-8-11-30-62(51)71-66(55)61)48-36-39-60-58(41-48)54-25-14-27-57-64-53(50-22-7-10-28-59(50)70(60)65(54)57)37-38-56-52-24-9-12-31-63(52)72-67(56)64/h2-42,49H,1H3.